The number of aryl methyl sites for hydroxylation is 1. The van der Waals surface area contributed by atoms with Crippen LogP contribution in [0.15, 0.2) is 47.4 Å². The molecule has 2 rings (SSSR count). The number of hydroxylamine groups is 1. The molecule has 0 aliphatic heterocycles. The van der Waals surface area contributed by atoms with E-state index in [0.29, 0.717) is 5.69 Å². The number of amides is 1. The fraction of sp³-hybridized carbons (Fsp3) is 0.133. The Labute approximate surface area is 139 Å². The lowest BCUT2D eigenvalue weighted by Crippen LogP contribution is -2.23. The normalized spacial score (nSPS) is 11.1. The number of carbonyl (C=O) groups is 1. The van der Waals surface area contributed by atoms with Crippen LogP contribution in [0.2, 0.25) is 5.02 Å². The molecule has 0 bridgehead atoms. The van der Waals surface area contributed by atoms with E-state index in [9.17, 15) is 13.2 Å². The van der Waals surface area contributed by atoms with Crippen LogP contribution in [0.4, 0.5) is 5.69 Å². The van der Waals surface area contributed by atoms with E-state index < -0.39 is 15.9 Å². The summed E-state index contributed by atoms with van der Waals surface area (Å²) in [6.45, 7) is 1.85. The van der Waals surface area contributed by atoms with Crippen LogP contribution >= 0.6 is 11.6 Å². The van der Waals surface area contributed by atoms with Gasteiger partial charge in [0, 0.05) is 5.69 Å². The number of hydrogen-bond acceptors (Lipinski definition) is 4. The summed E-state index contributed by atoms with van der Waals surface area (Å²) >= 11 is 5.93. The summed E-state index contributed by atoms with van der Waals surface area (Å²) in [5, 5.41) is 0.119. The second kappa shape index (κ2) is 6.99. The molecule has 8 heteroatoms. The zero-order chi connectivity index (χ0) is 17.0. The highest BCUT2D eigenvalue weighted by molar-refractivity contribution is 7.92. The lowest BCUT2D eigenvalue weighted by atomic mass is 10.2. The Bertz CT molecular complexity index is 837. The first kappa shape index (κ1) is 17.3. The lowest BCUT2D eigenvalue weighted by Gasteiger charge is -2.11. The molecule has 6 nitrogen and oxygen atoms in total. The van der Waals surface area contributed by atoms with Crippen LogP contribution in [-0.2, 0) is 14.9 Å². The number of benzene rings is 2. The van der Waals surface area contributed by atoms with Gasteiger partial charge in [-0.1, -0.05) is 23.7 Å². The quantitative estimate of drug-likeness (QED) is 0.808. The van der Waals surface area contributed by atoms with Gasteiger partial charge in [-0.15, -0.1) is 0 Å². The number of nitrogens with one attached hydrogen (secondary N) is 2. The van der Waals surface area contributed by atoms with Crippen LogP contribution in [0.3, 0.4) is 0 Å². The van der Waals surface area contributed by atoms with E-state index in [0.717, 1.165) is 5.56 Å². The number of sulfonamides is 1. The van der Waals surface area contributed by atoms with Crippen LogP contribution < -0.4 is 10.2 Å². The van der Waals surface area contributed by atoms with E-state index >= 15 is 0 Å². The van der Waals surface area contributed by atoms with Gasteiger partial charge in [-0.3, -0.25) is 14.4 Å². The van der Waals surface area contributed by atoms with E-state index in [4.69, 9.17) is 11.6 Å². The minimum atomic E-state index is -3.85. The molecule has 0 aromatic heterocycles. The second-order valence-electron chi connectivity index (χ2n) is 4.75. The zero-order valence-electron chi connectivity index (χ0n) is 12.5. The Kier molecular flexibility index (Phi) is 5.25. The Morgan fingerprint density at radius 2 is 1.91 bits per heavy atom. The monoisotopic (exact) mass is 354 g/mol. The van der Waals surface area contributed by atoms with Crippen molar-refractivity contribution in [3.63, 3.8) is 0 Å². The van der Waals surface area contributed by atoms with Gasteiger partial charge in [-0.05, 0) is 42.8 Å². The first-order chi connectivity index (χ1) is 10.8. The van der Waals surface area contributed by atoms with Crippen molar-refractivity contribution in [1.29, 1.82) is 0 Å². The molecule has 0 saturated heterocycles. The van der Waals surface area contributed by atoms with Crippen LogP contribution in [-0.4, -0.2) is 21.4 Å². The molecular weight excluding hydrogens is 340 g/mol. The standard InChI is InChI=1S/C15H15ClN2O4S/c1-10-4-3-5-11(8-10)18-23(20,21)12-6-7-14(16)13(9-12)15(19)17-22-2/h3-9,18H,1-2H3,(H,17,19). The van der Waals surface area contributed by atoms with E-state index in [1.54, 1.807) is 18.2 Å². The van der Waals surface area contributed by atoms with Crippen LogP contribution in [0.5, 0.6) is 0 Å². The molecule has 0 aliphatic rings. The molecule has 2 aromatic rings. The van der Waals surface area contributed by atoms with Gasteiger partial charge in [0.2, 0.25) is 0 Å². The Balaban J connectivity index is 2.36. The van der Waals surface area contributed by atoms with Gasteiger partial charge >= 0.3 is 0 Å². The lowest BCUT2D eigenvalue weighted by molar-refractivity contribution is 0.0537. The first-order valence-electron chi connectivity index (χ1n) is 6.56. The predicted octanol–water partition coefficient (Wildman–Crippen LogP) is 2.74. The SMILES string of the molecule is CONC(=O)c1cc(S(=O)(=O)Nc2cccc(C)c2)ccc1Cl. The van der Waals surface area contributed by atoms with E-state index in [-0.39, 0.29) is 15.5 Å². The number of hydrogen-bond donors (Lipinski definition) is 2. The predicted molar refractivity (Wildman–Crippen MR) is 87.9 cm³/mol. The van der Waals surface area contributed by atoms with Gasteiger partial charge in [0.05, 0.1) is 22.6 Å². The number of halogens is 1. The van der Waals surface area contributed by atoms with Gasteiger partial charge in [0.25, 0.3) is 15.9 Å². The minimum Gasteiger partial charge on any atom is -0.280 e. The molecule has 1 amide bonds. The van der Waals surface area contributed by atoms with E-state index in [1.165, 1.54) is 25.3 Å². The third kappa shape index (κ3) is 4.22. The summed E-state index contributed by atoms with van der Waals surface area (Å²) in [6, 6.07) is 10.8. The summed E-state index contributed by atoms with van der Waals surface area (Å²) in [5.41, 5.74) is 3.45. The molecule has 0 radical (unpaired) electrons. The Morgan fingerprint density at radius 3 is 2.57 bits per heavy atom. The van der Waals surface area contributed by atoms with Crippen molar-refractivity contribution >= 4 is 33.2 Å². The molecule has 0 saturated carbocycles. The molecule has 122 valence electrons. The molecule has 0 unspecified atom stereocenters. The largest absolute Gasteiger partial charge is 0.280 e. The molecule has 0 atom stereocenters. The maximum absolute atomic E-state index is 12.4. The molecule has 0 heterocycles. The topological polar surface area (TPSA) is 84.5 Å². The van der Waals surface area contributed by atoms with Gasteiger partial charge in [-0.2, -0.15) is 0 Å². The molecule has 0 fully saturated rings. The smallest absolute Gasteiger partial charge is 0.276 e. The number of anilines is 1. The summed E-state index contributed by atoms with van der Waals surface area (Å²) in [7, 11) is -2.58. The average Bonchev–Trinajstić information content (AvgIpc) is 2.47. The Hall–Kier alpha value is -2.09. The third-order valence-electron chi connectivity index (χ3n) is 2.96. The third-order valence-corrected chi connectivity index (χ3v) is 4.67. The van der Waals surface area contributed by atoms with Crippen molar-refractivity contribution in [3.8, 4) is 0 Å². The maximum Gasteiger partial charge on any atom is 0.276 e. The summed E-state index contributed by atoms with van der Waals surface area (Å²) < 4.78 is 27.3. The second-order valence-corrected chi connectivity index (χ2v) is 6.84. The van der Waals surface area contributed by atoms with Gasteiger partial charge in [-0.25, -0.2) is 13.9 Å². The van der Waals surface area contributed by atoms with Crippen LogP contribution in [0.25, 0.3) is 0 Å². The van der Waals surface area contributed by atoms with Crippen molar-refractivity contribution < 1.29 is 18.0 Å². The molecule has 2 N–H and O–H groups in total. The highest BCUT2D eigenvalue weighted by atomic mass is 35.5. The fourth-order valence-corrected chi connectivity index (χ4v) is 3.19. The van der Waals surface area contributed by atoms with E-state index in [2.05, 4.69) is 15.0 Å². The molecule has 0 spiro atoms. The molecular formula is C15H15ClN2O4S. The summed E-state index contributed by atoms with van der Waals surface area (Å²) in [5.74, 6) is -0.634. The van der Waals surface area contributed by atoms with Crippen LogP contribution in [0, 0.1) is 6.92 Å². The van der Waals surface area contributed by atoms with Gasteiger partial charge in [0.1, 0.15) is 0 Å². The first-order valence-corrected chi connectivity index (χ1v) is 8.42. The molecule has 23 heavy (non-hydrogen) atoms. The van der Waals surface area contributed by atoms with Crippen molar-refractivity contribution in [1.82, 2.24) is 5.48 Å². The fourth-order valence-electron chi connectivity index (χ4n) is 1.92. The zero-order valence-corrected chi connectivity index (χ0v) is 14.0. The highest BCUT2D eigenvalue weighted by Gasteiger charge is 2.19. The highest BCUT2D eigenvalue weighted by Crippen LogP contribution is 2.23. The summed E-state index contributed by atoms with van der Waals surface area (Å²) in [4.78, 5) is 16.3. The molecule has 2 aromatic carbocycles. The van der Waals surface area contributed by atoms with Crippen LogP contribution in [0.1, 0.15) is 15.9 Å². The van der Waals surface area contributed by atoms with Crippen molar-refractivity contribution in [2.45, 2.75) is 11.8 Å². The van der Waals surface area contributed by atoms with Crippen molar-refractivity contribution in [2.24, 2.45) is 0 Å². The maximum atomic E-state index is 12.4. The minimum absolute atomic E-state index is 0.000587. The number of carbonyl (C=O) groups excluding carboxylic acids is 1. The number of rotatable bonds is 5. The van der Waals surface area contributed by atoms with Gasteiger partial charge < -0.3 is 0 Å². The van der Waals surface area contributed by atoms with E-state index in [1.807, 2.05) is 13.0 Å². The summed E-state index contributed by atoms with van der Waals surface area (Å²) in [6.07, 6.45) is 0. The van der Waals surface area contributed by atoms with Gasteiger partial charge in [0.15, 0.2) is 0 Å². The average molecular weight is 355 g/mol. The molecule has 0 aliphatic carbocycles. The van der Waals surface area contributed by atoms with Crippen molar-refractivity contribution in [3.05, 3.63) is 58.6 Å². The Morgan fingerprint density at radius 1 is 1.17 bits per heavy atom. The van der Waals surface area contributed by atoms with Crippen molar-refractivity contribution in [2.75, 3.05) is 11.8 Å².